The zero-order valence-electron chi connectivity index (χ0n) is 65.1. The normalized spacial score (nSPS) is 13.0. The van der Waals surface area contributed by atoms with Gasteiger partial charge in [-0.3, -0.25) is 0 Å². The lowest BCUT2D eigenvalue weighted by Gasteiger charge is -2.33. The second-order valence-electron chi connectivity index (χ2n) is 32.1. The number of benzene rings is 18. The summed E-state index contributed by atoms with van der Waals surface area (Å²) in [4.78, 5) is 3.70. The first kappa shape index (κ1) is 68.3. The summed E-state index contributed by atoms with van der Waals surface area (Å²) in [5.41, 5.74) is 37.1. The van der Waals surface area contributed by atoms with Gasteiger partial charge in [-0.15, -0.1) is 0 Å². The molecule has 0 unspecified atom stereocenters. The van der Waals surface area contributed by atoms with Crippen molar-refractivity contribution in [2.24, 2.45) is 0 Å². The molecule has 0 saturated heterocycles. The van der Waals surface area contributed by atoms with E-state index in [-0.39, 0.29) is 5.41 Å². The topological polar surface area (TPSA) is 24.1 Å². The average Bonchev–Trinajstić information content (AvgIpc) is 1.53. The van der Waals surface area contributed by atoms with E-state index in [1.54, 1.807) is 0 Å². The molecule has 0 saturated carbocycles. The fraction of sp³-hybridized carbons (Fsp3) is 0.0354. The van der Waals surface area contributed by atoms with E-state index < -0.39 is 5.41 Å². The second-order valence-corrected chi connectivity index (χ2v) is 32.1. The number of fused-ring (bicyclic) bond motifs is 18. The molecule has 0 aliphatic heterocycles. The maximum atomic E-state index is 7.58. The van der Waals surface area contributed by atoms with Gasteiger partial charge in [-0.1, -0.05) is 305 Å². The molecular weight excluding hydrogens is 1430 g/mol. The highest BCUT2D eigenvalue weighted by Gasteiger charge is 2.46. The van der Waals surface area contributed by atoms with E-state index >= 15 is 0 Å². The zero-order valence-corrected chi connectivity index (χ0v) is 65.1. The van der Waals surface area contributed by atoms with Gasteiger partial charge in [-0.05, 0) is 228 Å². The molecular formula is C113H75N5. The van der Waals surface area contributed by atoms with Crippen molar-refractivity contribution in [3.05, 3.63) is 463 Å². The smallest absolute Gasteiger partial charge is 0.189 e. The van der Waals surface area contributed by atoms with Gasteiger partial charge in [0, 0.05) is 71.3 Å². The van der Waals surface area contributed by atoms with E-state index in [0.717, 1.165) is 28.1 Å². The Kier molecular flexibility index (Phi) is 15.6. The van der Waals surface area contributed by atoms with Crippen LogP contribution >= 0.6 is 0 Å². The number of para-hydroxylation sites is 5. The molecule has 5 nitrogen and oxygen atoms in total. The Balaban J connectivity index is 0.000000140. The lowest BCUT2D eigenvalue weighted by atomic mass is 9.67. The van der Waals surface area contributed by atoms with Crippen LogP contribution < -0.4 is 0 Å². The van der Waals surface area contributed by atoms with Crippen LogP contribution in [0.2, 0.25) is 0 Å². The first-order valence-electron chi connectivity index (χ1n) is 40.7. The van der Waals surface area contributed by atoms with Crippen LogP contribution in [0.15, 0.2) is 419 Å². The van der Waals surface area contributed by atoms with Crippen molar-refractivity contribution >= 4 is 92.9 Å². The monoisotopic (exact) mass is 1500 g/mol. The van der Waals surface area contributed by atoms with Crippen molar-refractivity contribution in [3.63, 3.8) is 0 Å². The predicted octanol–water partition coefficient (Wildman–Crippen LogP) is 29.6. The van der Waals surface area contributed by atoms with Crippen LogP contribution in [-0.2, 0) is 10.8 Å². The third-order valence-electron chi connectivity index (χ3n) is 25.5. The van der Waals surface area contributed by atoms with Gasteiger partial charge in [0.05, 0.1) is 56.1 Å². The molecule has 0 bridgehead atoms. The number of hydrogen-bond donors (Lipinski definition) is 0. The molecule has 118 heavy (non-hydrogen) atoms. The van der Waals surface area contributed by atoms with Crippen molar-refractivity contribution in [2.75, 3.05) is 0 Å². The Morgan fingerprint density at radius 2 is 0.534 bits per heavy atom. The van der Waals surface area contributed by atoms with Gasteiger partial charge in [-0.25, -0.2) is 4.85 Å². The molecule has 552 valence electrons. The minimum atomic E-state index is -0.400. The Labute approximate surface area is 684 Å². The maximum Gasteiger partial charge on any atom is 0.189 e. The quantitative estimate of drug-likeness (QED) is 0.122. The van der Waals surface area contributed by atoms with E-state index in [1.165, 1.54) is 182 Å². The van der Waals surface area contributed by atoms with Crippen LogP contribution in [0.1, 0.15) is 47.2 Å². The molecule has 0 amide bonds. The van der Waals surface area contributed by atoms with Crippen LogP contribution in [0, 0.1) is 6.57 Å². The molecule has 0 N–H and O–H groups in total. The van der Waals surface area contributed by atoms with Crippen LogP contribution in [0.4, 0.5) is 5.69 Å². The van der Waals surface area contributed by atoms with E-state index in [1.807, 2.05) is 18.2 Å². The molecule has 5 heteroatoms. The number of nitrogens with zero attached hydrogens (tertiary/aromatic N) is 5. The Hall–Kier alpha value is -15.4. The van der Waals surface area contributed by atoms with E-state index in [2.05, 4.69) is 437 Å². The highest BCUT2D eigenvalue weighted by Crippen LogP contribution is 2.58. The highest BCUT2D eigenvalue weighted by atomic mass is 15.0. The van der Waals surface area contributed by atoms with Gasteiger partial charge < -0.3 is 18.3 Å². The Morgan fingerprint density at radius 3 is 1.01 bits per heavy atom. The lowest BCUT2D eigenvalue weighted by molar-refractivity contribution is 0.662. The fourth-order valence-electron chi connectivity index (χ4n) is 20.3. The van der Waals surface area contributed by atoms with Crippen molar-refractivity contribution in [3.8, 4) is 89.5 Å². The summed E-state index contributed by atoms with van der Waals surface area (Å²) in [6.07, 6.45) is 0. The summed E-state index contributed by atoms with van der Waals surface area (Å²) in [6, 6.07) is 153. The molecule has 18 aromatic carbocycles. The van der Waals surface area contributed by atoms with Gasteiger partial charge in [-0.2, -0.15) is 0 Å². The largest absolute Gasteiger partial charge is 0.311 e. The second kappa shape index (κ2) is 26.9. The third-order valence-corrected chi connectivity index (χ3v) is 25.5. The van der Waals surface area contributed by atoms with Gasteiger partial charge in [0.2, 0.25) is 0 Å². The van der Waals surface area contributed by atoms with Gasteiger partial charge in [0.25, 0.3) is 0 Å². The van der Waals surface area contributed by atoms with Crippen LogP contribution in [0.5, 0.6) is 0 Å². The Morgan fingerprint density at radius 1 is 0.212 bits per heavy atom. The summed E-state index contributed by atoms with van der Waals surface area (Å²) in [7, 11) is 0. The minimum Gasteiger partial charge on any atom is -0.311 e. The summed E-state index contributed by atoms with van der Waals surface area (Å²) in [5, 5.41) is 9.87. The van der Waals surface area contributed by atoms with E-state index in [4.69, 9.17) is 6.57 Å². The summed E-state index contributed by atoms with van der Waals surface area (Å²) in [5.74, 6) is 0. The van der Waals surface area contributed by atoms with Crippen LogP contribution in [-0.4, -0.2) is 18.3 Å². The SMILES string of the molecule is [C-]#[N+]c1cccc(-n2c3ccccc3c3cc(-c4ccc5c(c4)c4ccccc4n5-c4ccc(-c5cccc6c5C(C)(C)c5ccccc5-6)cc4)ccc32)c1.c1ccc(-n2c3ccccc3c3cc(-c4ccc5c(c4)c4ccccc4n5-c4ccc(-c5ccc6c(c5)-c5ccccc5C6(c5ccccc5)c5ccccc5)cc4)ccc32)cc1. The molecule has 4 heterocycles. The van der Waals surface area contributed by atoms with Gasteiger partial charge >= 0.3 is 0 Å². The number of rotatable bonds is 10. The molecule has 0 spiro atoms. The molecule has 24 rings (SSSR count). The van der Waals surface area contributed by atoms with Crippen molar-refractivity contribution < 1.29 is 0 Å². The van der Waals surface area contributed by atoms with Crippen molar-refractivity contribution in [2.45, 2.75) is 24.7 Å². The molecule has 4 aromatic heterocycles. The summed E-state index contributed by atoms with van der Waals surface area (Å²) >= 11 is 0. The summed E-state index contributed by atoms with van der Waals surface area (Å²) < 4.78 is 9.47. The molecule has 22 aromatic rings. The fourth-order valence-corrected chi connectivity index (χ4v) is 20.3. The molecule has 0 fully saturated rings. The van der Waals surface area contributed by atoms with Gasteiger partial charge in [0.1, 0.15) is 0 Å². The Bertz CT molecular complexity index is 7840. The molecule has 0 radical (unpaired) electrons. The van der Waals surface area contributed by atoms with Gasteiger partial charge in [0.15, 0.2) is 5.69 Å². The first-order valence-corrected chi connectivity index (χ1v) is 40.7. The molecule has 0 atom stereocenters. The van der Waals surface area contributed by atoms with Crippen molar-refractivity contribution in [1.82, 2.24) is 18.3 Å². The highest BCUT2D eigenvalue weighted by molar-refractivity contribution is 6.15. The zero-order chi connectivity index (χ0) is 78.3. The first-order chi connectivity index (χ1) is 58.2. The number of hydrogen-bond acceptors (Lipinski definition) is 0. The summed E-state index contributed by atoms with van der Waals surface area (Å²) in [6.45, 7) is 12.3. The van der Waals surface area contributed by atoms with Crippen molar-refractivity contribution in [1.29, 1.82) is 0 Å². The standard InChI is InChI=1S/C61H40N2.C52H35N3/c1-4-16-45(17-5-1)61(46-18-6-2-7-19-46)55-25-13-10-22-49(55)52-38-42(30-35-56(52)61)41-28-33-48(34-29-41)63-58-27-15-12-24-51(58)54-40-44(32-37-60(54)63)43-31-36-59-53(39-43)50-23-11-14-26-57(50)62(59)47-20-8-3-9-21-47;1-52(2)46-19-7-4-14-40(46)43-18-11-17-39(51(43)52)33-22-26-37(27-23-33)54-47-20-8-5-15-41(47)44-30-34(24-28-49(44)54)35-25-29-50-45(31-35)42-16-6-9-21-48(42)55(50)38-13-10-12-36(32-38)53-3/h1-40H;4-32H,1-2H3. The average molecular weight is 1500 g/mol. The molecule has 2 aliphatic rings. The third kappa shape index (κ3) is 10.4. The van der Waals surface area contributed by atoms with E-state index in [0.29, 0.717) is 5.69 Å². The lowest BCUT2D eigenvalue weighted by Crippen LogP contribution is -2.28. The maximum absolute atomic E-state index is 7.58. The predicted molar refractivity (Wildman–Crippen MR) is 493 cm³/mol. The number of aromatic nitrogens is 4. The van der Waals surface area contributed by atoms with Crippen LogP contribution in [0.25, 0.3) is 182 Å². The van der Waals surface area contributed by atoms with Crippen LogP contribution in [0.3, 0.4) is 0 Å². The minimum absolute atomic E-state index is 0.0712. The van der Waals surface area contributed by atoms with E-state index in [9.17, 15) is 0 Å². The molecule has 2 aliphatic carbocycles.